The maximum Gasteiger partial charge on any atom is 0.251 e. The van der Waals surface area contributed by atoms with Crippen LogP contribution >= 0.6 is 0 Å². The lowest BCUT2D eigenvalue weighted by atomic mass is 9.75. The van der Waals surface area contributed by atoms with Crippen molar-refractivity contribution < 1.29 is 24.6 Å². The number of amides is 2. The summed E-state index contributed by atoms with van der Waals surface area (Å²) in [6, 6.07) is 7.64. The van der Waals surface area contributed by atoms with E-state index in [0.29, 0.717) is 24.4 Å². The average Bonchev–Trinajstić information content (AvgIpc) is 3.25. The number of hydroxylamine groups is 1. The number of hydrogen-bond donors (Lipinski definition) is 5. The Labute approximate surface area is 220 Å². The van der Waals surface area contributed by atoms with Gasteiger partial charge in [-0.1, -0.05) is 53.2 Å². The van der Waals surface area contributed by atoms with Crippen molar-refractivity contribution >= 4 is 11.8 Å². The molecule has 1 aromatic heterocycles. The average molecular weight is 517 g/mol. The molecule has 0 aliphatic rings. The Kier molecular flexibility index (Phi) is 11.1. The van der Waals surface area contributed by atoms with Gasteiger partial charge in [-0.05, 0) is 55.7 Å². The molecule has 206 valence electrons. The van der Waals surface area contributed by atoms with E-state index >= 15 is 0 Å². The van der Waals surface area contributed by atoms with Gasteiger partial charge in [0.1, 0.15) is 12.4 Å². The molecule has 2 aromatic rings. The number of aromatic nitrogens is 2. The number of nitrogens with zero attached hydrogens (tertiary/aromatic N) is 1. The van der Waals surface area contributed by atoms with Gasteiger partial charge in [-0.15, -0.1) is 0 Å². The highest BCUT2D eigenvalue weighted by atomic mass is 16.5. The van der Waals surface area contributed by atoms with E-state index in [1.807, 2.05) is 52.0 Å². The number of rotatable bonds is 14. The first kappa shape index (κ1) is 30.3. The van der Waals surface area contributed by atoms with Gasteiger partial charge in [-0.25, -0.2) is 5.48 Å². The van der Waals surface area contributed by atoms with E-state index in [9.17, 15) is 14.7 Å². The van der Waals surface area contributed by atoms with E-state index in [0.717, 1.165) is 42.8 Å². The first-order valence-electron chi connectivity index (χ1n) is 13.2. The Bertz CT molecular complexity index is 1010. The van der Waals surface area contributed by atoms with Crippen LogP contribution in [0.4, 0.5) is 0 Å². The number of carbonyl (C=O) groups excluding carboxylic acids is 2. The van der Waals surface area contributed by atoms with Gasteiger partial charge in [0.2, 0.25) is 11.8 Å². The van der Waals surface area contributed by atoms with Crippen molar-refractivity contribution in [2.45, 2.75) is 91.6 Å². The van der Waals surface area contributed by atoms with Crippen LogP contribution in [-0.2, 0) is 10.2 Å². The normalized spacial score (nSPS) is 12.8. The highest BCUT2D eigenvalue weighted by Crippen LogP contribution is 2.38. The number of H-pyrrole nitrogens is 1. The van der Waals surface area contributed by atoms with Crippen LogP contribution in [-0.4, -0.2) is 51.4 Å². The van der Waals surface area contributed by atoms with E-state index in [1.54, 1.807) is 5.48 Å². The summed E-state index contributed by atoms with van der Waals surface area (Å²) in [7, 11) is 0. The highest BCUT2D eigenvalue weighted by molar-refractivity contribution is 5.94. The summed E-state index contributed by atoms with van der Waals surface area (Å²) >= 11 is 0. The molecule has 0 bridgehead atoms. The minimum absolute atomic E-state index is 0.139. The van der Waals surface area contributed by atoms with Crippen LogP contribution in [0.5, 0.6) is 5.88 Å². The molecular formula is C28H44N4O5. The van der Waals surface area contributed by atoms with Crippen molar-refractivity contribution in [3.63, 3.8) is 0 Å². The van der Waals surface area contributed by atoms with Gasteiger partial charge in [0.05, 0.1) is 17.2 Å². The molecule has 0 radical (unpaired) electrons. The van der Waals surface area contributed by atoms with E-state index in [2.05, 4.69) is 24.1 Å². The minimum Gasteiger partial charge on any atom is -0.474 e. The third kappa shape index (κ3) is 8.04. The first-order valence-corrected chi connectivity index (χ1v) is 13.2. The molecule has 1 unspecified atom stereocenters. The molecular weight excluding hydrogens is 472 g/mol. The summed E-state index contributed by atoms with van der Waals surface area (Å²) in [4.78, 5) is 31.8. The summed E-state index contributed by atoms with van der Waals surface area (Å²) in [6.45, 7) is 12.8. The van der Waals surface area contributed by atoms with Crippen LogP contribution in [0.1, 0.15) is 101 Å². The first-order chi connectivity index (χ1) is 17.5. The second-order valence-electron chi connectivity index (χ2n) is 10.7. The van der Waals surface area contributed by atoms with Gasteiger partial charge in [0, 0.05) is 18.5 Å². The van der Waals surface area contributed by atoms with Gasteiger partial charge in [0.15, 0.2) is 0 Å². The number of aromatic amines is 1. The maximum atomic E-state index is 12.6. The van der Waals surface area contributed by atoms with Crippen LogP contribution < -0.4 is 15.5 Å². The SMILES string of the molecule is CCC(CC)(c1ccc(C(=O)NCCCCCC(=O)NO)cc1)c1nc(OCC(O)C(C)(C)C)c(C)[nH]1. The van der Waals surface area contributed by atoms with Crippen LogP contribution in [0, 0.1) is 12.3 Å². The van der Waals surface area contributed by atoms with Crippen molar-refractivity contribution in [3.05, 3.63) is 46.9 Å². The number of carbonyl (C=O) groups is 2. The van der Waals surface area contributed by atoms with Crippen LogP contribution in [0.2, 0.25) is 0 Å². The van der Waals surface area contributed by atoms with Crippen molar-refractivity contribution in [1.29, 1.82) is 0 Å². The van der Waals surface area contributed by atoms with Gasteiger partial charge in [-0.2, -0.15) is 4.98 Å². The summed E-state index contributed by atoms with van der Waals surface area (Å²) in [5, 5.41) is 21.8. The van der Waals surface area contributed by atoms with E-state index < -0.39 is 12.0 Å². The molecule has 1 aromatic carbocycles. The van der Waals surface area contributed by atoms with Crippen molar-refractivity contribution in [2.75, 3.05) is 13.2 Å². The number of benzene rings is 1. The predicted octanol–water partition coefficient (Wildman–Crippen LogP) is 4.41. The van der Waals surface area contributed by atoms with Gasteiger partial charge >= 0.3 is 0 Å². The molecule has 2 amide bonds. The summed E-state index contributed by atoms with van der Waals surface area (Å²) in [6.07, 6.45) is 3.46. The van der Waals surface area contributed by atoms with E-state index in [4.69, 9.17) is 14.9 Å². The zero-order chi connectivity index (χ0) is 27.6. The fourth-order valence-corrected chi connectivity index (χ4v) is 4.24. The van der Waals surface area contributed by atoms with Crippen molar-refractivity contribution in [1.82, 2.24) is 20.8 Å². The smallest absolute Gasteiger partial charge is 0.251 e. The largest absolute Gasteiger partial charge is 0.474 e. The second-order valence-corrected chi connectivity index (χ2v) is 10.7. The van der Waals surface area contributed by atoms with Gasteiger partial charge in [-0.3, -0.25) is 14.8 Å². The molecule has 0 saturated heterocycles. The number of aryl methyl sites for hydroxylation is 1. The molecule has 0 fully saturated rings. The van der Waals surface area contributed by atoms with Crippen LogP contribution in [0.15, 0.2) is 24.3 Å². The van der Waals surface area contributed by atoms with Crippen molar-refractivity contribution in [3.8, 4) is 5.88 Å². The Morgan fingerprint density at radius 1 is 1.08 bits per heavy atom. The Balaban J connectivity index is 2.07. The highest BCUT2D eigenvalue weighted by Gasteiger charge is 2.35. The lowest BCUT2D eigenvalue weighted by Crippen LogP contribution is -2.32. The number of imidazole rings is 1. The quantitative estimate of drug-likeness (QED) is 0.143. The zero-order valence-electron chi connectivity index (χ0n) is 23.1. The van der Waals surface area contributed by atoms with Crippen LogP contribution in [0.25, 0.3) is 0 Å². The fourth-order valence-electron chi connectivity index (χ4n) is 4.24. The number of aliphatic hydroxyl groups is 1. The van der Waals surface area contributed by atoms with Crippen molar-refractivity contribution in [2.24, 2.45) is 5.41 Å². The maximum absolute atomic E-state index is 12.6. The Morgan fingerprint density at radius 3 is 2.30 bits per heavy atom. The third-order valence-corrected chi connectivity index (χ3v) is 7.07. The monoisotopic (exact) mass is 516 g/mol. The molecule has 0 aliphatic heterocycles. The minimum atomic E-state index is -0.611. The second kappa shape index (κ2) is 13.6. The summed E-state index contributed by atoms with van der Waals surface area (Å²) in [5.41, 5.74) is 3.43. The molecule has 1 atom stereocenters. The Morgan fingerprint density at radius 2 is 1.73 bits per heavy atom. The molecule has 2 rings (SSSR count). The number of ether oxygens (including phenoxy) is 1. The van der Waals surface area contributed by atoms with E-state index in [-0.39, 0.29) is 29.8 Å². The zero-order valence-corrected chi connectivity index (χ0v) is 23.1. The molecule has 0 aliphatic carbocycles. The van der Waals surface area contributed by atoms with Crippen LogP contribution in [0.3, 0.4) is 0 Å². The molecule has 5 N–H and O–H groups in total. The number of hydrogen-bond acceptors (Lipinski definition) is 6. The molecule has 0 spiro atoms. The molecule has 1 heterocycles. The van der Waals surface area contributed by atoms with E-state index in [1.165, 1.54) is 0 Å². The standard InChI is InChI=1S/C28H44N4O5/c1-7-28(8-2,26-30-19(3)25(31-26)37-18-22(33)27(4,5)6)21-15-13-20(14-16-21)24(35)29-17-11-9-10-12-23(34)32-36/h13-16,22,33,36H,7-12,17-18H2,1-6H3,(H,29,35)(H,30,31)(H,32,34). The molecule has 9 heteroatoms. The molecule has 9 nitrogen and oxygen atoms in total. The summed E-state index contributed by atoms with van der Waals surface area (Å²) < 4.78 is 5.88. The van der Waals surface area contributed by atoms with Gasteiger partial charge in [0.25, 0.3) is 5.91 Å². The topological polar surface area (TPSA) is 137 Å². The number of aliphatic hydroxyl groups excluding tert-OH is 1. The Hall–Kier alpha value is -2.91. The third-order valence-electron chi connectivity index (χ3n) is 7.07. The number of nitrogens with one attached hydrogen (secondary N) is 3. The lowest BCUT2D eigenvalue weighted by Gasteiger charge is -2.30. The molecule has 37 heavy (non-hydrogen) atoms. The summed E-state index contributed by atoms with van der Waals surface area (Å²) in [5.74, 6) is 0.771. The van der Waals surface area contributed by atoms with Gasteiger partial charge < -0.3 is 20.1 Å². The lowest BCUT2D eigenvalue weighted by molar-refractivity contribution is -0.129. The fraction of sp³-hybridized carbons (Fsp3) is 0.607. The molecule has 0 saturated carbocycles. The predicted molar refractivity (Wildman–Crippen MR) is 143 cm³/mol. The number of unbranched alkanes of at least 4 members (excludes halogenated alkanes) is 2.